The number of nitrogens with two attached hydrogens (primary N) is 1. The molecule has 1 aromatic carbocycles. The van der Waals surface area contributed by atoms with E-state index in [0.29, 0.717) is 18.5 Å². The van der Waals surface area contributed by atoms with Gasteiger partial charge in [0.2, 0.25) is 0 Å². The Kier molecular flexibility index (Phi) is 5.57. The van der Waals surface area contributed by atoms with E-state index in [1.165, 1.54) is 16.7 Å². The van der Waals surface area contributed by atoms with E-state index in [-0.39, 0.29) is 5.41 Å². The van der Waals surface area contributed by atoms with E-state index in [9.17, 15) is 0 Å². The standard InChI is InChI=1S/C17H30N2/c1-12(2)16(10-18)19-11-14-9-15(17(4,5)6)8-7-13(14)3/h7-9,12,16,19H,10-11,18H2,1-6H3. The van der Waals surface area contributed by atoms with E-state index in [4.69, 9.17) is 5.73 Å². The molecule has 0 aliphatic carbocycles. The molecule has 1 rings (SSSR count). The molecule has 19 heavy (non-hydrogen) atoms. The second-order valence-electron chi connectivity index (χ2n) is 6.86. The van der Waals surface area contributed by atoms with Crippen LogP contribution in [0, 0.1) is 12.8 Å². The zero-order valence-electron chi connectivity index (χ0n) is 13.4. The van der Waals surface area contributed by atoms with Crippen molar-refractivity contribution in [1.29, 1.82) is 0 Å². The topological polar surface area (TPSA) is 38.0 Å². The van der Waals surface area contributed by atoms with Crippen molar-refractivity contribution in [2.75, 3.05) is 6.54 Å². The van der Waals surface area contributed by atoms with Crippen molar-refractivity contribution in [2.24, 2.45) is 11.7 Å². The van der Waals surface area contributed by atoms with Crippen LogP contribution < -0.4 is 11.1 Å². The van der Waals surface area contributed by atoms with Crippen molar-refractivity contribution in [3.8, 4) is 0 Å². The maximum Gasteiger partial charge on any atom is 0.0216 e. The summed E-state index contributed by atoms with van der Waals surface area (Å²) in [5.41, 5.74) is 10.1. The summed E-state index contributed by atoms with van der Waals surface area (Å²) in [5, 5.41) is 3.58. The summed E-state index contributed by atoms with van der Waals surface area (Å²) in [6.07, 6.45) is 0. The minimum absolute atomic E-state index is 0.202. The molecule has 0 amide bonds. The molecule has 0 aliphatic rings. The molecule has 2 heteroatoms. The van der Waals surface area contributed by atoms with Gasteiger partial charge in [0.1, 0.15) is 0 Å². The van der Waals surface area contributed by atoms with Crippen molar-refractivity contribution in [3.05, 3.63) is 34.9 Å². The molecule has 0 aliphatic heterocycles. The highest BCUT2D eigenvalue weighted by molar-refractivity contribution is 5.34. The molecule has 2 nitrogen and oxygen atoms in total. The molecule has 0 bridgehead atoms. The third kappa shape index (κ3) is 4.63. The van der Waals surface area contributed by atoms with Crippen LogP contribution >= 0.6 is 0 Å². The molecule has 0 spiro atoms. The van der Waals surface area contributed by atoms with Crippen molar-refractivity contribution in [2.45, 2.75) is 59.5 Å². The van der Waals surface area contributed by atoms with Crippen LogP contribution in [0.25, 0.3) is 0 Å². The summed E-state index contributed by atoms with van der Waals surface area (Å²) in [5.74, 6) is 0.566. The summed E-state index contributed by atoms with van der Waals surface area (Å²) in [4.78, 5) is 0. The number of rotatable bonds is 5. The maximum absolute atomic E-state index is 5.81. The lowest BCUT2D eigenvalue weighted by atomic mass is 9.85. The normalized spacial score (nSPS) is 13.9. The van der Waals surface area contributed by atoms with Crippen molar-refractivity contribution >= 4 is 0 Å². The molecule has 0 aromatic heterocycles. The summed E-state index contributed by atoms with van der Waals surface area (Å²) < 4.78 is 0. The van der Waals surface area contributed by atoms with Crippen LogP contribution in [0.3, 0.4) is 0 Å². The summed E-state index contributed by atoms with van der Waals surface area (Å²) in [6, 6.07) is 7.18. The Morgan fingerprint density at radius 3 is 2.32 bits per heavy atom. The quantitative estimate of drug-likeness (QED) is 0.854. The number of aryl methyl sites for hydroxylation is 1. The molecule has 1 atom stereocenters. The third-order valence-electron chi connectivity index (χ3n) is 3.83. The first-order valence-corrected chi connectivity index (χ1v) is 7.29. The third-order valence-corrected chi connectivity index (χ3v) is 3.83. The second-order valence-corrected chi connectivity index (χ2v) is 6.86. The predicted octanol–water partition coefficient (Wildman–Crippen LogP) is 3.37. The van der Waals surface area contributed by atoms with Gasteiger partial charge in [-0.2, -0.15) is 0 Å². The molecule has 0 radical (unpaired) electrons. The molecule has 1 aromatic rings. The fourth-order valence-corrected chi connectivity index (χ4v) is 2.16. The Morgan fingerprint density at radius 2 is 1.84 bits per heavy atom. The predicted molar refractivity (Wildman–Crippen MR) is 84.4 cm³/mol. The van der Waals surface area contributed by atoms with E-state index in [0.717, 1.165) is 6.54 Å². The minimum atomic E-state index is 0.202. The molecular formula is C17H30N2. The van der Waals surface area contributed by atoms with Crippen molar-refractivity contribution in [1.82, 2.24) is 5.32 Å². The summed E-state index contributed by atoms with van der Waals surface area (Å²) in [7, 11) is 0. The molecule has 0 saturated heterocycles. The number of hydrogen-bond donors (Lipinski definition) is 2. The summed E-state index contributed by atoms with van der Waals surface area (Å²) >= 11 is 0. The van der Waals surface area contributed by atoms with Crippen molar-refractivity contribution < 1.29 is 0 Å². The van der Waals surface area contributed by atoms with Gasteiger partial charge in [-0.05, 0) is 34.9 Å². The van der Waals surface area contributed by atoms with E-state index in [1.807, 2.05) is 0 Å². The zero-order chi connectivity index (χ0) is 14.6. The van der Waals surface area contributed by atoms with Crippen LogP contribution in [0.2, 0.25) is 0 Å². The molecule has 0 heterocycles. The first-order chi connectivity index (χ1) is 8.75. The van der Waals surface area contributed by atoms with Gasteiger partial charge in [-0.25, -0.2) is 0 Å². The van der Waals surface area contributed by atoms with Gasteiger partial charge in [-0.15, -0.1) is 0 Å². The Balaban J connectivity index is 2.83. The van der Waals surface area contributed by atoms with Crippen LogP contribution in [-0.2, 0) is 12.0 Å². The molecule has 0 fully saturated rings. The maximum atomic E-state index is 5.81. The van der Waals surface area contributed by atoms with Gasteiger partial charge >= 0.3 is 0 Å². The van der Waals surface area contributed by atoms with E-state index in [1.54, 1.807) is 0 Å². The summed E-state index contributed by atoms with van der Waals surface area (Å²) in [6.45, 7) is 15.0. The first-order valence-electron chi connectivity index (χ1n) is 7.29. The monoisotopic (exact) mass is 262 g/mol. The number of benzene rings is 1. The van der Waals surface area contributed by atoms with Crippen LogP contribution in [0.4, 0.5) is 0 Å². The van der Waals surface area contributed by atoms with E-state index < -0.39 is 0 Å². The van der Waals surface area contributed by atoms with Crippen LogP contribution in [0.5, 0.6) is 0 Å². The SMILES string of the molecule is Cc1ccc(C(C)(C)C)cc1CNC(CN)C(C)C. The Bertz CT molecular complexity index is 402. The van der Waals surface area contributed by atoms with Gasteiger partial charge in [0.25, 0.3) is 0 Å². The van der Waals surface area contributed by atoms with Crippen LogP contribution in [0.1, 0.15) is 51.3 Å². The van der Waals surface area contributed by atoms with Crippen LogP contribution in [0.15, 0.2) is 18.2 Å². The highest BCUT2D eigenvalue weighted by Gasteiger charge is 2.15. The van der Waals surface area contributed by atoms with Crippen molar-refractivity contribution in [3.63, 3.8) is 0 Å². The number of hydrogen-bond acceptors (Lipinski definition) is 2. The van der Waals surface area contributed by atoms with Gasteiger partial charge in [0.05, 0.1) is 0 Å². The lowest BCUT2D eigenvalue weighted by Gasteiger charge is -2.23. The fraction of sp³-hybridized carbons (Fsp3) is 0.647. The molecule has 0 saturated carbocycles. The minimum Gasteiger partial charge on any atom is -0.329 e. The Morgan fingerprint density at radius 1 is 1.21 bits per heavy atom. The van der Waals surface area contributed by atoms with E-state index >= 15 is 0 Å². The molecule has 108 valence electrons. The second kappa shape index (κ2) is 6.53. The Hall–Kier alpha value is -0.860. The van der Waals surface area contributed by atoms with Gasteiger partial charge in [-0.1, -0.05) is 52.8 Å². The average Bonchev–Trinajstić information content (AvgIpc) is 2.30. The largest absolute Gasteiger partial charge is 0.329 e. The van der Waals surface area contributed by atoms with Gasteiger partial charge in [-0.3, -0.25) is 0 Å². The van der Waals surface area contributed by atoms with Crippen LogP contribution in [-0.4, -0.2) is 12.6 Å². The van der Waals surface area contributed by atoms with Gasteiger partial charge in [0, 0.05) is 19.1 Å². The lowest BCUT2D eigenvalue weighted by Crippen LogP contribution is -2.39. The fourth-order valence-electron chi connectivity index (χ4n) is 2.16. The van der Waals surface area contributed by atoms with Gasteiger partial charge in [0.15, 0.2) is 0 Å². The zero-order valence-corrected chi connectivity index (χ0v) is 13.4. The highest BCUT2D eigenvalue weighted by Crippen LogP contribution is 2.24. The number of nitrogens with one attached hydrogen (secondary N) is 1. The lowest BCUT2D eigenvalue weighted by molar-refractivity contribution is 0.404. The smallest absolute Gasteiger partial charge is 0.0216 e. The van der Waals surface area contributed by atoms with E-state index in [2.05, 4.69) is 65.1 Å². The molecular weight excluding hydrogens is 232 g/mol. The highest BCUT2D eigenvalue weighted by atomic mass is 14.9. The Labute approximate surface area is 118 Å². The first kappa shape index (κ1) is 16.2. The average molecular weight is 262 g/mol. The molecule has 3 N–H and O–H groups in total. The molecule has 1 unspecified atom stereocenters. The van der Waals surface area contributed by atoms with Gasteiger partial charge < -0.3 is 11.1 Å².